The lowest BCUT2D eigenvalue weighted by atomic mass is 9.81. The molecule has 13 heavy (non-hydrogen) atoms. The van der Waals surface area contributed by atoms with Crippen LogP contribution in [0.1, 0.15) is 41.0 Å². The standard InChI is InChI=1S/C10H13NOS/c1-7-10(13-6-11-7)9(12)5-8-3-2-4-8/h6,8H,2-5H2,1H3. The minimum absolute atomic E-state index is 0.296. The van der Waals surface area contributed by atoms with Crippen LogP contribution in [0.2, 0.25) is 0 Å². The van der Waals surface area contributed by atoms with E-state index in [1.165, 1.54) is 30.6 Å². The Labute approximate surface area is 82.0 Å². The third-order valence-corrected chi connectivity index (χ3v) is 3.67. The SMILES string of the molecule is Cc1ncsc1C(=O)CC1CCC1. The third kappa shape index (κ3) is 1.80. The van der Waals surface area contributed by atoms with Crippen LogP contribution in [0, 0.1) is 12.8 Å². The molecule has 1 fully saturated rings. The molecule has 2 rings (SSSR count). The highest BCUT2D eigenvalue weighted by Gasteiger charge is 2.22. The van der Waals surface area contributed by atoms with Crippen LogP contribution >= 0.6 is 11.3 Å². The lowest BCUT2D eigenvalue weighted by molar-refractivity contribution is 0.0940. The van der Waals surface area contributed by atoms with E-state index in [9.17, 15) is 4.79 Å². The highest BCUT2D eigenvalue weighted by molar-refractivity contribution is 7.11. The molecule has 1 aromatic heterocycles. The Balaban J connectivity index is 2.00. The summed E-state index contributed by atoms with van der Waals surface area (Å²) in [4.78, 5) is 16.7. The Morgan fingerprint density at radius 3 is 2.92 bits per heavy atom. The van der Waals surface area contributed by atoms with Crippen LogP contribution in [0.4, 0.5) is 0 Å². The number of ketones is 1. The molecule has 0 saturated heterocycles. The Hall–Kier alpha value is -0.700. The van der Waals surface area contributed by atoms with Crippen LogP contribution in [0.15, 0.2) is 5.51 Å². The topological polar surface area (TPSA) is 30.0 Å². The van der Waals surface area contributed by atoms with E-state index in [0.717, 1.165) is 17.0 Å². The quantitative estimate of drug-likeness (QED) is 0.694. The first-order chi connectivity index (χ1) is 6.27. The molecular weight excluding hydrogens is 182 g/mol. The maximum atomic E-state index is 11.7. The minimum Gasteiger partial charge on any atom is -0.293 e. The first kappa shape index (κ1) is 8.88. The molecule has 70 valence electrons. The normalized spacial score (nSPS) is 17.0. The molecule has 0 spiro atoms. The van der Waals surface area contributed by atoms with Gasteiger partial charge in [-0.1, -0.05) is 19.3 Å². The molecule has 0 atom stereocenters. The number of hydrogen-bond acceptors (Lipinski definition) is 3. The summed E-state index contributed by atoms with van der Waals surface area (Å²) >= 11 is 1.47. The molecule has 0 N–H and O–H groups in total. The number of Topliss-reactive ketones (excluding diaryl/α,β-unsaturated/α-hetero) is 1. The van der Waals surface area contributed by atoms with E-state index in [4.69, 9.17) is 0 Å². The molecule has 1 aliphatic rings. The van der Waals surface area contributed by atoms with E-state index in [1.54, 1.807) is 5.51 Å². The third-order valence-electron chi connectivity index (χ3n) is 2.70. The summed E-state index contributed by atoms with van der Waals surface area (Å²) in [6, 6.07) is 0. The molecule has 1 saturated carbocycles. The lowest BCUT2D eigenvalue weighted by Gasteiger charge is -2.24. The Kier molecular flexibility index (Phi) is 2.44. The average molecular weight is 195 g/mol. The molecule has 0 radical (unpaired) electrons. The fourth-order valence-corrected chi connectivity index (χ4v) is 2.38. The van der Waals surface area contributed by atoms with Crippen molar-refractivity contribution in [1.29, 1.82) is 0 Å². The number of rotatable bonds is 3. The zero-order chi connectivity index (χ0) is 9.26. The molecule has 0 aromatic carbocycles. The number of hydrogen-bond donors (Lipinski definition) is 0. The number of nitrogens with zero attached hydrogens (tertiary/aromatic N) is 1. The van der Waals surface area contributed by atoms with Gasteiger partial charge in [0.2, 0.25) is 0 Å². The van der Waals surface area contributed by atoms with Crippen molar-refractivity contribution >= 4 is 17.1 Å². The van der Waals surface area contributed by atoms with Crippen molar-refractivity contribution in [3.8, 4) is 0 Å². The predicted octanol–water partition coefficient (Wildman–Crippen LogP) is 2.82. The lowest BCUT2D eigenvalue weighted by Crippen LogP contribution is -2.15. The summed E-state index contributed by atoms with van der Waals surface area (Å²) in [5.41, 5.74) is 2.65. The summed E-state index contributed by atoms with van der Waals surface area (Å²) in [6.45, 7) is 1.91. The molecule has 0 unspecified atom stereocenters. The monoisotopic (exact) mass is 195 g/mol. The van der Waals surface area contributed by atoms with Gasteiger partial charge < -0.3 is 0 Å². The van der Waals surface area contributed by atoms with Crippen LogP contribution in [0.25, 0.3) is 0 Å². The largest absolute Gasteiger partial charge is 0.293 e. The smallest absolute Gasteiger partial charge is 0.174 e. The summed E-state index contributed by atoms with van der Waals surface area (Å²) in [5, 5.41) is 0. The second kappa shape index (κ2) is 3.58. The number of aromatic nitrogens is 1. The van der Waals surface area contributed by atoms with Crippen LogP contribution < -0.4 is 0 Å². The molecule has 2 nitrogen and oxygen atoms in total. The van der Waals surface area contributed by atoms with Crippen molar-refractivity contribution < 1.29 is 4.79 Å². The number of thiazole rings is 1. The predicted molar refractivity (Wildman–Crippen MR) is 53.1 cm³/mol. The molecule has 0 aliphatic heterocycles. The van der Waals surface area contributed by atoms with Crippen molar-refractivity contribution in [1.82, 2.24) is 4.98 Å². The van der Waals surface area contributed by atoms with Crippen LogP contribution in [0.3, 0.4) is 0 Å². The van der Waals surface area contributed by atoms with Crippen LogP contribution in [-0.4, -0.2) is 10.8 Å². The average Bonchev–Trinajstić information content (AvgIpc) is 2.43. The Bertz CT molecular complexity index is 314. The van der Waals surface area contributed by atoms with Gasteiger partial charge in [0.15, 0.2) is 5.78 Å². The van der Waals surface area contributed by atoms with Crippen molar-refractivity contribution in [3.63, 3.8) is 0 Å². The summed E-state index contributed by atoms with van der Waals surface area (Å²) in [5.74, 6) is 0.957. The summed E-state index contributed by atoms with van der Waals surface area (Å²) in [7, 11) is 0. The van der Waals surface area contributed by atoms with Gasteiger partial charge in [0.25, 0.3) is 0 Å². The van der Waals surface area contributed by atoms with Crippen molar-refractivity contribution in [2.75, 3.05) is 0 Å². The van der Waals surface area contributed by atoms with Gasteiger partial charge in [-0.25, -0.2) is 4.98 Å². The van der Waals surface area contributed by atoms with Gasteiger partial charge >= 0.3 is 0 Å². The number of aryl methyl sites for hydroxylation is 1. The first-order valence-corrected chi connectivity index (χ1v) is 5.58. The van der Waals surface area contributed by atoms with Gasteiger partial charge in [0.1, 0.15) is 0 Å². The maximum absolute atomic E-state index is 11.7. The molecular formula is C10H13NOS. The van der Waals surface area contributed by atoms with Gasteiger partial charge in [-0.3, -0.25) is 4.79 Å². The van der Waals surface area contributed by atoms with Gasteiger partial charge in [0.05, 0.1) is 16.1 Å². The summed E-state index contributed by atoms with van der Waals surface area (Å²) < 4.78 is 0. The Morgan fingerprint density at radius 2 is 2.46 bits per heavy atom. The molecule has 0 amide bonds. The molecule has 1 aliphatic carbocycles. The second-order valence-corrected chi connectivity index (χ2v) is 4.55. The molecule has 1 aromatic rings. The van der Waals surface area contributed by atoms with Crippen molar-refractivity contribution in [2.45, 2.75) is 32.6 Å². The van der Waals surface area contributed by atoms with E-state index in [2.05, 4.69) is 4.98 Å². The van der Waals surface area contributed by atoms with Crippen molar-refractivity contribution in [2.24, 2.45) is 5.92 Å². The maximum Gasteiger partial charge on any atom is 0.174 e. The van der Waals surface area contributed by atoms with Crippen LogP contribution in [-0.2, 0) is 0 Å². The van der Waals surface area contributed by atoms with Gasteiger partial charge in [-0.05, 0) is 12.8 Å². The van der Waals surface area contributed by atoms with E-state index in [-0.39, 0.29) is 0 Å². The van der Waals surface area contributed by atoms with E-state index in [1.807, 2.05) is 6.92 Å². The van der Waals surface area contributed by atoms with E-state index < -0.39 is 0 Å². The molecule has 1 heterocycles. The van der Waals surface area contributed by atoms with Crippen LogP contribution in [0.5, 0.6) is 0 Å². The zero-order valence-corrected chi connectivity index (χ0v) is 8.56. The first-order valence-electron chi connectivity index (χ1n) is 4.70. The fourth-order valence-electron chi connectivity index (χ4n) is 1.62. The minimum atomic E-state index is 0.296. The number of carbonyl (C=O) groups excluding carboxylic acids is 1. The fraction of sp³-hybridized carbons (Fsp3) is 0.600. The van der Waals surface area contributed by atoms with Gasteiger partial charge in [-0.2, -0.15) is 0 Å². The highest BCUT2D eigenvalue weighted by Crippen LogP contribution is 2.31. The summed E-state index contributed by atoms with van der Waals surface area (Å²) in [6.07, 6.45) is 4.52. The zero-order valence-electron chi connectivity index (χ0n) is 7.75. The second-order valence-electron chi connectivity index (χ2n) is 3.69. The van der Waals surface area contributed by atoms with Gasteiger partial charge in [0, 0.05) is 6.42 Å². The van der Waals surface area contributed by atoms with Crippen molar-refractivity contribution in [3.05, 3.63) is 16.1 Å². The molecule has 0 bridgehead atoms. The van der Waals surface area contributed by atoms with Gasteiger partial charge in [-0.15, -0.1) is 11.3 Å². The Morgan fingerprint density at radius 1 is 1.69 bits per heavy atom. The number of carbonyl (C=O) groups is 1. The highest BCUT2D eigenvalue weighted by atomic mass is 32.1. The van der Waals surface area contributed by atoms with E-state index >= 15 is 0 Å². The van der Waals surface area contributed by atoms with E-state index in [0.29, 0.717) is 11.7 Å². The molecule has 3 heteroatoms.